The Kier molecular flexibility index (Phi) is 5.78. The lowest BCUT2D eigenvalue weighted by atomic mass is 9.80. The average Bonchev–Trinajstić information content (AvgIpc) is 2.61. The van der Waals surface area contributed by atoms with Crippen molar-refractivity contribution in [1.82, 2.24) is 9.97 Å². The summed E-state index contributed by atoms with van der Waals surface area (Å²) in [4.78, 5) is 12.5. The van der Waals surface area contributed by atoms with Gasteiger partial charge >= 0.3 is 0 Å². The Morgan fingerprint density at radius 1 is 1.28 bits per heavy atom. The zero-order chi connectivity index (χ0) is 18.0. The average molecular weight is 397 g/mol. The minimum absolute atomic E-state index is 0.248. The predicted octanol–water partition coefficient (Wildman–Crippen LogP) is 4.81. The van der Waals surface area contributed by atoms with Crippen LogP contribution in [0, 0.1) is 12.3 Å². The lowest BCUT2D eigenvalue weighted by Crippen LogP contribution is -2.42. The minimum Gasteiger partial charge on any atom is -0.355 e. The third-order valence-corrected chi connectivity index (χ3v) is 6.88. The summed E-state index contributed by atoms with van der Waals surface area (Å²) in [6, 6.07) is 5.60. The molecule has 0 radical (unpaired) electrons. The van der Waals surface area contributed by atoms with Crippen LogP contribution in [0.4, 0.5) is 5.82 Å². The smallest absolute Gasteiger partial charge is 0.147 e. The monoisotopic (exact) mass is 396 g/mol. The highest BCUT2D eigenvalue weighted by Gasteiger charge is 2.29. The van der Waals surface area contributed by atoms with E-state index < -0.39 is 0 Å². The summed E-state index contributed by atoms with van der Waals surface area (Å²) in [6.45, 7) is 6.91. The molecule has 1 aliphatic rings. The number of rotatable bonds is 4. The van der Waals surface area contributed by atoms with Gasteiger partial charge in [0.25, 0.3) is 0 Å². The van der Waals surface area contributed by atoms with Crippen LogP contribution in [0.1, 0.15) is 25.5 Å². The van der Waals surface area contributed by atoms with Crippen molar-refractivity contribution in [2.24, 2.45) is 11.1 Å². The van der Waals surface area contributed by atoms with Crippen LogP contribution < -0.4 is 10.6 Å². The summed E-state index contributed by atoms with van der Waals surface area (Å²) in [5.41, 5.74) is 7.03. The number of nitrogens with zero attached hydrogens (tertiary/aromatic N) is 3. The van der Waals surface area contributed by atoms with E-state index in [0.29, 0.717) is 10.0 Å². The third-order valence-electron chi connectivity index (χ3n) is 4.80. The maximum atomic E-state index is 6.27. The van der Waals surface area contributed by atoms with E-state index in [0.717, 1.165) is 53.9 Å². The van der Waals surface area contributed by atoms with Gasteiger partial charge in [0, 0.05) is 18.0 Å². The van der Waals surface area contributed by atoms with Crippen molar-refractivity contribution in [3.8, 4) is 0 Å². The standard InChI is InChI=1S/C18H22Cl2N4S/c1-12-17(25-14-5-3-4-13(19)16(14)20)22-10-15(23-12)24-8-6-18(2,11-21)7-9-24/h3-5,10H,6-9,11,21H2,1-2H3. The van der Waals surface area contributed by atoms with Gasteiger partial charge in [-0.15, -0.1) is 0 Å². The number of hydrogen-bond acceptors (Lipinski definition) is 5. The first-order chi connectivity index (χ1) is 11.9. The van der Waals surface area contributed by atoms with E-state index in [9.17, 15) is 0 Å². The van der Waals surface area contributed by atoms with Gasteiger partial charge in [0.05, 0.1) is 21.9 Å². The van der Waals surface area contributed by atoms with Crippen molar-refractivity contribution in [3.05, 3.63) is 40.1 Å². The van der Waals surface area contributed by atoms with Crippen LogP contribution in [0.3, 0.4) is 0 Å². The van der Waals surface area contributed by atoms with Crippen molar-refractivity contribution in [3.63, 3.8) is 0 Å². The number of aromatic nitrogens is 2. The molecule has 3 rings (SSSR count). The topological polar surface area (TPSA) is 55.0 Å². The molecule has 2 aromatic rings. The summed E-state index contributed by atoms with van der Waals surface area (Å²) < 4.78 is 0. The lowest BCUT2D eigenvalue weighted by Gasteiger charge is -2.39. The molecule has 0 unspecified atom stereocenters. The number of benzene rings is 1. The van der Waals surface area contributed by atoms with Crippen molar-refractivity contribution in [2.45, 2.75) is 36.6 Å². The van der Waals surface area contributed by atoms with Crippen LogP contribution in [0.5, 0.6) is 0 Å². The van der Waals surface area contributed by atoms with Gasteiger partial charge in [0.2, 0.25) is 0 Å². The maximum absolute atomic E-state index is 6.27. The Morgan fingerprint density at radius 3 is 2.64 bits per heavy atom. The van der Waals surface area contributed by atoms with E-state index in [4.69, 9.17) is 33.9 Å². The highest BCUT2D eigenvalue weighted by atomic mass is 35.5. The summed E-state index contributed by atoms with van der Waals surface area (Å²) in [5, 5.41) is 1.94. The van der Waals surface area contributed by atoms with Crippen LogP contribution in [0.25, 0.3) is 0 Å². The molecule has 1 fully saturated rings. The van der Waals surface area contributed by atoms with Gasteiger partial charge in [-0.25, -0.2) is 9.97 Å². The fourth-order valence-corrected chi connectivity index (χ4v) is 4.18. The molecule has 0 bridgehead atoms. The summed E-state index contributed by atoms with van der Waals surface area (Å²) in [7, 11) is 0. The van der Waals surface area contributed by atoms with Crippen molar-refractivity contribution in [2.75, 3.05) is 24.5 Å². The van der Waals surface area contributed by atoms with Gasteiger partial charge in [-0.05, 0) is 43.9 Å². The minimum atomic E-state index is 0.248. The molecule has 134 valence electrons. The second kappa shape index (κ2) is 7.70. The molecule has 0 amide bonds. The molecule has 7 heteroatoms. The van der Waals surface area contributed by atoms with Gasteiger partial charge in [-0.3, -0.25) is 0 Å². The Balaban J connectivity index is 1.74. The Labute approximate surface area is 163 Å². The Bertz CT molecular complexity index is 761. The van der Waals surface area contributed by atoms with Crippen molar-refractivity contribution >= 4 is 40.8 Å². The number of piperidine rings is 1. The molecule has 2 N–H and O–H groups in total. The molecule has 0 atom stereocenters. The van der Waals surface area contributed by atoms with E-state index in [1.165, 1.54) is 11.8 Å². The lowest BCUT2D eigenvalue weighted by molar-refractivity contribution is 0.258. The molecule has 25 heavy (non-hydrogen) atoms. The summed E-state index contributed by atoms with van der Waals surface area (Å²) in [5.74, 6) is 0.929. The highest BCUT2D eigenvalue weighted by Crippen LogP contribution is 2.37. The molecular formula is C18H22Cl2N4S. The zero-order valence-electron chi connectivity index (χ0n) is 14.4. The molecule has 2 heterocycles. The fraction of sp³-hybridized carbons (Fsp3) is 0.444. The number of nitrogens with two attached hydrogens (primary N) is 1. The number of anilines is 1. The van der Waals surface area contributed by atoms with Crippen LogP contribution in [-0.2, 0) is 0 Å². The van der Waals surface area contributed by atoms with Gasteiger partial charge in [-0.2, -0.15) is 0 Å². The zero-order valence-corrected chi connectivity index (χ0v) is 16.8. The first kappa shape index (κ1) is 18.8. The normalized spacial score (nSPS) is 16.9. The molecule has 1 aromatic heterocycles. The van der Waals surface area contributed by atoms with Crippen molar-refractivity contribution < 1.29 is 0 Å². The molecule has 1 saturated heterocycles. The first-order valence-corrected chi connectivity index (χ1v) is 9.90. The number of aryl methyl sites for hydroxylation is 1. The SMILES string of the molecule is Cc1nc(N2CCC(C)(CN)CC2)cnc1Sc1cccc(Cl)c1Cl. The molecule has 4 nitrogen and oxygen atoms in total. The van der Waals surface area contributed by atoms with E-state index >= 15 is 0 Å². The molecule has 0 spiro atoms. The van der Waals surface area contributed by atoms with Gasteiger partial charge < -0.3 is 10.6 Å². The first-order valence-electron chi connectivity index (χ1n) is 8.32. The molecular weight excluding hydrogens is 375 g/mol. The van der Waals surface area contributed by atoms with E-state index in [1.54, 1.807) is 6.07 Å². The van der Waals surface area contributed by atoms with Crippen molar-refractivity contribution in [1.29, 1.82) is 0 Å². The fourth-order valence-electron chi connectivity index (χ4n) is 2.86. The molecule has 1 aliphatic heterocycles. The second-order valence-electron chi connectivity index (χ2n) is 6.77. The van der Waals surface area contributed by atoms with E-state index in [2.05, 4.69) is 16.8 Å². The van der Waals surface area contributed by atoms with Crippen LogP contribution in [0.2, 0.25) is 10.0 Å². The van der Waals surface area contributed by atoms with Gasteiger partial charge in [0.1, 0.15) is 10.8 Å². The highest BCUT2D eigenvalue weighted by molar-refractivity contribution is 7.99. The van der Waals surface area contributed by atoms with Gasteiger partial charge in [-0.1, -0.05) is 48.0 Å². The van der Waals surface area contributed by atoms with Gasteiger partial charge in [0.15, 0.2) is 0 Å². The number of hydrogen-bond donors (Lipinski definition) is 1. The maximum Gasteiger partial charge on any atom is 0.147 e. The second-order valence-corrected chi connectivity index (χ2v) is 8.59. The quantitative estimate of drug-likeness (QED) is 0.803. The number of halogens is 2. The third kappa shape index (κ3) is 4.22. The Hall–Kier alpha value is -1.01. The molecule has 0 aliphatic carbocycles. The largest absolute Gasteiger partial charge is 0.355 e. The Morgan fingerprint density at radius 2 is 2.00 bits per heavy atom. The summed E-state index contributed by atoms with van der Waals surface area (Å²) in [6.07, 6.45) is 4.01. The molecule has 1 aromatic carbocycles. The van der Waals surface area contributed by atoms with Crippen LogP contribution in [-0.4, -0.2) is 29.6 Å². The molecule has 0 saturated carbocycles. The van der Waals surface area contributed by atoms with Crippen LogP contribution >= 0.6 is 35.0 Å². The summed E-state index contributed by atoms with van der Waals surface area (Å²) >= 11 is 13.8. The van der Waals surface area contributed by atoms with Crippen LogP contribution in [0.15, 0.2) is 34.3 Å². The van der Waals surface area contributed by atoms with E-state index in [-0.39, 0.29) is 5.41 Å². The van der Waals surface area contributed by atoms with E-state index in [1.807, 2.05) is 25.3 Å². The predicted molar refractivity (Wildman–Crippen MR) is 106 cm³/mol.